The smallest absolute Gasteiger partial charge is 0.161 e. The first kappa shape index (κ1) is 25.2. The van der Waals surface area contributed by atoms with E-state index in [0.717, 1.165) is 50.5 Å². The van der Waals surface area contributed by atoms with Gasteiger partial charge in [-0.3, -0.25) is 4.57 Å². The molecule has 1 unspecified atom stereocenters. The predicted octanol–water partition coefficient (Wildman–Crippen LogP) is 9.49. The van der Waals surface area contributed by atoms with E-state index < -0.39 is 5.41 Å². The van der Waals surface area contributed by atoms with E-state index in [9.17, 15) is 0 Å². The summed E-state index contributed by atoms with van der Waals surface area (Å²) in [6.07, 6.45) is 0. The summed E-state index contributed by atoms with van der Waals surface area (Å²) < 4.78 is 2.36. The molecule has 0 radical (unpaired) electrons. The Morgan fingerprint density at radius 1 is 0.457 bits per heavy atom. The van der Waals surface area contributed by atoms with Crippen LogP contribution < -0.4 is 0 Å². The zero-order chi connectivity index (χ0) is 30.2. The van der Waals surface area contributed by atoms with E-state index in [2.05, 4.69) is 150 Å². The quantitative estimate of drug-likeness (QED) is 0.207. The molecule has 214 valence electrons. The number of rotatable bonds is 3. The van der Waals surface area contributed by atoms with Gasteiger partial charge in [-0.05, 0) is 52.1 Å². The highest BCUT2D eigenvalue weighted by Gasteiger charge is 2.54. The summed E-state index contributed by atoms with van der Waals surface area (Å²) in [6, 6.07) is 55.5. The molecule has 6 aromatic carbocycles. The minimum absolute atomic E-state index is 0.573. The van der Waals surface area contributed by atoms with Crippen molar-refractivity contribution in [3.05, 3.63) is 180 Å². The fourth-order valence-electron chi connectivity index (χ4n) is 7.75. The summed E-state index contributed by atoms with van der Waals surface area (Å²) in [6.45, 7) is 0. The molecular weight excluding hydrogens is 560 g/mol. The number of hydrogen-bond donors (Lipinski definition) is 0. The second-order valence-corrected chi connectivity index (χ2v) is 12.0. The summed E-state index contributed by atoms with van der Waals surface area (Å²) >= 11 is 0. The third kappa shape index (κ3) is 3.30. The molecule has 1 spiro atoms. The maximum absolute atomic E-state index is 5.38. The van der Waals surface area contributed by atoms with Crippen LogP contribution in [0.1, 0.15) is 22.5 Å². The van der Waals surface area contributed by atoms with Crippen LogP contribution in [0.25, 0.3) is 61.8 Å². The Balaban J connectivity index is 1.30. The Labute approximate surface area is 266 Å². The highest BCUT2D eigenvalue weighted by Crippen LogP contribution is 2.61. The van der Waals surface area contributed by atoms with Crippen LogP contribution in [0.3, 0.4) is 0 Å². The molecule has 0 N–H and O–H groups in total. The van der Waals surface area contributed by atoms with Crippen LogP contribution in [0, 0.1) is 0 Å². The molecule has 1 aliphatic heterocycles. The number of nitrogens with zero attached hydrogens (tertiary/aromatic N) is 4. The van der Waals surface area contributed by atoms with E-state index in [-0.39, 0.29) is 0 Å². The van der Waals surface area contributed by atoms with Gasteiger partial charge in [0.1, 0.15) is 11.2 Å². The van der Waals surface area contributed by atoms with Crippen molar-refractivity contribution in [3.63, 3.8) is 0 Å². The minimum atomic E-state index is -0.573. The lowest BCUT2D eigenvalue weighted by Crippen LogP contribution is -2.27. The Bertz CT molecular complexity index is 2420. The van der Waals surface area contributed by atoms with Crippen LogP contribution in [0.5, 0.6) is 0 Å². The Morgan fingerprint density at radius 3 is 1.80 bits per heavy atom. The predicted molar refractivity (Wildman–Crippen MR) is 184 cm³/mol. The molecule has 0 bridgehead atoms. The molecule has 46 heavy (non-hydrogen) atoms. The summed E-state index contributed by atoms with van der Waals surface area (Å²) in [7, 11) is 0. The summed E-state index contributed by atoms with van der Waals surface area (Å²) in [5, 5.41) is 0. The standard InChI is InChI=1S/C42H26N4/c1-3-14-27(15-4-1)35-26-36(28-16-5-2-6-17-28)44-40(43-35)30-19-13-22-33-39(30)29-18-7-8-20-31(29)42(33)32-21-9-11-24-37(32)46-38-25-12-10-23-34(38)45-41(42)46/h1-26H. The van der Waals surface area contributed by atoms with Gasteiger partial charge in [-0.1, -0.05) is 133 Å². The third-order valence-corrected chi connectivity index (χ3v) is 9.62. The Kier molecular flexibility index (Phi) is 5.17. The average molecular weight is 587 g/mol. The largest absolute Gasteiger partial charge is 0.295 e. The van der Waals surface area contributed by atoms with Gasteiger partial charge in [-0.25, -0.2) is 15.0 Å². The van der Waals surface area contributed by atoms with Gasteiger partial charge < -0.3 is 0 Å². The van der Waals surface area contributed by atoms with E-state index in [4.69, 9.17) is 15.0 Å². The summed E-state index contributed by atoms with van der Waals surface area (Å²) in [4.78, 5) is 15.9. The zero-order valence-electron chi connectivity index (χ0n) is 24.8. The molecule has 0 amide bonds. The van der Waals surface area contributed by atoms with Crippen molar-refractivity contribution in [2.45, 2.75) is 5.41 Å². The normalized spacial score (nSPS) is 15.5. The number of imidazole rings is 1. The van der Waals surface area contributed by atoms with Crippen LogP contribution >= 0.6 is 0 Å². The van der Waals surface area contributed by atoms with Crippen molar-refractivity contribution in [3.8, 4) is 50.7 Å². The molecule has 0 saturated heterocycles. The van der Waals surface area contributed by atoms with E-state index in [1.54, 1.807) is 0 Å². The van der Waals surface area contributed by atoms with Crippen LogP contribution in [-0.4, -0.2) is 19.5 Å². The van der Waals surface area contributed by atoms with E-state index in [1.807, 2.05) is 12.1 Å². The fraction of sp³-hybridized carbons (Fsp3) is 0.0238. The van der Waals surface area contributed by atoms with Gasteiger partial charge in [-0.2, -0.15) is 0 Å². The molecule has 1 atom stereocenters. The summed E-state index contributed by atoms with van der Waals surface area (Å²) in [5.74, 6) is 1.74. The molecule has 3 heterocycles. The minimum Gasteiger partial charge on any atom is -0.295 e. The number of benzene rings is 6. The Hall–Kier alpha value is -6.13. The highest BCUT2D eigenvalue weighted by molar-refractivity contribution is 5.97. The van der Waals surface area contributed by atoms with Crippen molar-refractivity contribution in [2.75, 3.05) is 0 Å². The molecule has 8 aromatic rings. The topological polar surface area (TPSA) is 43.6 Å². The maximum atomic E-state index is 5.38. The van der Waals surface area contributed by atoms with Crippen molar-refractivity contribution in [2.24, 2.45) is 0 Å². The van der Waals surface area contributed by atoms with Crippen LogP contribution in [0.4, 0.5) is 0 Å². The van der Waals surface area contributed by atoms with Gasteiger partial charge in [-0.15, -0.1) is 0 Å². The van der Waals surface area contributed by atoms with Gasteiger partial charge in [0.25, 0.3) is 0 Å². The maximum Gasteiger partial charge on any atom is 0.161 e. The van der Waals surface area contributed by atoms with Gasteiger partial charge in [0.2, 0.25) is 0 Å². The van der Waals surface area contributed by atoms with Crippen molar-refractivity contribution in [1.82, 2.24) is 19.5 Å². The molecule has 0 saturated carbocycles. The van der Waals surface area contributed by atoms with Gasteiger partial charge in [0.15, 0.2) is 5.82 Å². The van der Waals surface area contributed by atoms with E-state index in [1.165, 1.54) is 27.9 Å². The van der Waals surface area contributed by atoms with Gasteiger partial charge in [0.05, 0.1) is 28.1 Å². The lowest BCUT2D eigenvalue weighted by atomic mass is 9.73. The number of hydrogen-bond acceptors (Lipinski definition) is 3. The molecule has 0 fully saturated rings. The molecule has 10 rings (SSSR count). The lowest BCUT2D eigenvalue weighted by Gasteiger charge is -2.27. The van der Waals surface area contributed by atoms with Crippen molar-refractivity contribution >= 4 is 11.0 Å². The number of aromatic nitrogens is 4. The van der Waals surface area contributed by atoms with Crippen LogP contribution in [0.15, 0.2) is 158 Å². The first-order valence-corrected chi connectivity index (χ1v) is 15.6. The van der Waals surface area contributed by atoms with Gasteiger partial charge >= 0.3 is 0 Å². The monoisotopic (exact) mass is 586 g/mol. The van der Waals surface area contributed by atoms with Gasteiger partial charge in [0, 0.05) is 16.7 Å². The number of para-hydroxylation sites is 3. The second-order valence-electron chi connectivity index (χ2n) is 12.0. The molecule has 4 heteroatoms. The van der Waals surface area contributed by atoms with Crippen molar-refractivity contribution in [1.29, 1.82) is 0 Å². The highest BCUT2D eigenvalue weighted by atomic mass is 15.1. The average Bonchev–Trinajstić information content (AvgIpc) is 3.76. The van der Waals surface area contributed by atoms with Crippen LogP contribution in [0.2, 0.25) is 0 Å². The third-order valence-electron chi connectivity index (χ3n) is 9.62. The number of fused-ring (bicyclic) bond motifs is 12. The first-order chi connectivity index (χ1) is 22.8. The molecule has 1 aliphatic carbocycles. The van der Waals surface area contributed by atoms with E-state index >= 15 is 0 Å². The summed E-state index contributed by atoms with van der Waals surface area (Å²) in [5.41, 5.74) is 13.7. The second kappa shape index (κ2) is 9.43. The van der Waals surface area contributed by atoms with Crippen molar-refractivity contribution < 1.29 is 0 Å². The molecule has 2 aliphatic rings. The SMILES string of the molecule is c1ccc(-c2cc(-c3ccccc3)nc(-c3cccc4c3-c3ccccc3C43c4ccccc4-n4c3nc3ccccc34)n2)cc1. The molecular formula is C42H26N4. The van der Waals surface area contributed by atoms with Crippen LogP contribution in [-0.2, 0) is 5.41 Å². The Morgan fingerprint density at radius 2 is 1.04 bits per heavy atom. The first-order valence-electron chi connectivity index (χ1n) is 15.6. The lowest BCUT2D eigenvalue weighted by molar-refractivity contribution is 0.738. The molecule has 4 nitrogen and oxygen atoms in total. The van der Waals surface area contributed by atoms with E-state index in [0.29, 0.717) is 5.82 Å². The molecule has 2 aromatic heterocycles. The zero-order valence-corrected chi connectivity index (χ0v) is 24.8. The fourth-order valence-corrected chi connectivity index (χ4v) is 7.75.